The van der Waals surface area contributed by atoms with E-state index in [1.807, 2.05) is 7.05 Å². The minimum atomic E-state index is -0.250. The highest BCUT2D eigenvalue weighted by Crippen LogP contribution is 2.16. The highest BCUT2D eigenvalue weighted by molar-refractivity contribution is 5.93. The van der Waals surface area contributed by atoms with Gasteiger partial charge in [-0.25, -0.2) is 9.97 Å². The van der Waals surface area contributed by atoms with E-state index in [1.54, 1.807) is 17.3 Å². The predicted molar refractivity (Wildman–Crippen MR) is 78.0 cm³/mol. The van der Waals surface area contributed by atoms with Gasteiger partial charge in [0.2, 0.25) is 0 Å². The van der Waals surface area contributed by atoms with E-state index < -0.39 is 0 Å². The van der Waals surface area contributed by atoms with Crippen molar-refractivity contribution >= 4 is 12.4 Å². The molecule has 1 aliphatic heterocycles. The van der Waals surface area contributed by atoms with Crippen molar-refractivity contribution in [3.05, 3.63) is 24.3 Å². The second kappa shape index (κ2) is 9.02. The molecule has 0 spiro atoms. The van der Waals surface area contributed by atoms with E-state index in [4.69, 9.17) is 9.90 Å². The zero-order chi connectivity index (χ0) is 15.7. The summed E-state index contributed by atoms with van der Waals surface area (Å²) >= 11 is 0. The summed E-state index contributed by atoms with van der Waals surface area (Å²) in [6.45, 7) is 1.64. The Balaban J connectivity index is 0.000000677. The fourth-order valence-corrected chi connectivity index (χ4v) is 2.40. The monoisotopic (exact) mass is 294 g/mol. The third-order valence-electron chi connectivity index (χ3n) is 3.56. The summed E-state index contributed by atoms with van der Waals surface area (Å²) in [5, 5.41) is 6.89. The highest BCUT2D eigenvalue weighted by atomic mass is 16.3. The van der Waals surface area contributed by atoms with Gasteiger partial charge in [0.15, 0.2) is 0 Å². The summed E-state index contributed by atoms with van der Waals surface area (Å²) in [6, 6.07) is 0.470. The van der Waals surface area contributed by atoms with E-state index in [1.165, 1.54) is 25.6 Å². The average molecular weight is 294 g/mol. The Hall–Kier alpha value is -2.02. The minimum Gasteiger partial charge on any atom is -0.483 e. The Morgan fingerprint density at radius 3 is 2.67 bits per heavy atom. The molecule has 1 amide bonds. The summed E-state index contributed by atoms with van der Waals surface area (Å²) in [5.74, 6) is -0.00502. The lowest BCUT2D eigenvalue weighted by Gasteiger charge is -2.35. The first kappa shape index (κ1) is 17.0. The average Bonchev–Trinajstić information content (AvgIpc) is 2.50. The molecule has 1 unspecified atom stereocenters. The Kier molecular flexibility index (Phi) is 7.31. The summed E-state index contributed by atoms with van der Waals surface area (Å²) in [4.78, 5) is 32.4. The van der Waals surface area contributed by atoms with Gasteiger partial charge in [0.1, 0.15) is 6.33 Å². The van der Waals surface area contributed by atoms with Crippen molar-refractivity contribution in [3.8, 4) is 0 Å². The lowest BCUT2D eigenvalue weighted by molar-refractivity contribution is -0.122. The van der Waals surface area contributed by atoms with Crippen LogP contribution in [0.5, 0.6) is 0 Å². The number of carboxylic acid groups (broad SMARTS) is 1. The second-order valence-corrected chi connectivity index (χ2v) is 5.05. The maximum atomic E-state index is 12.2. The summed E-state index contributed by atoms with van der Waals surface area (Å²) < 4.78 is 0. The van der Waals surface area contributed by atoms with Crippen molar-refractivity contribution < 1.29 is 14.7 Å². The first-order valence-corrected chi connectivity index (χ1v) is 6.88. The highest BCUT2D eigenvalue weighted by Gasteiger charge is 2.22. The summed E-state index contributed by atoms with van der Waals surface area (Å²) in [5.41, 5.74) is 0.554. The van der Waals surface area contributed by atoms with Gasteiger partial charge in [0, 0.05) is 32.0 Å². The molecule has 7 heteroatoms. The number of amides is 1. The molecular weight excluding hydrogens is 272 g/mol. The lowest BCUT2D eigenvalue weighted by Crippen LogP contribution is -2.45. The third kappa shape index (κ3) is 5.47. The van der Waals surface area contributed by atoms with Crippen LogP contribution in [0.3, 0.4) is 0 Å². The molecule has 21 heavy (non-hydrogen) atoms. The molecule has 116 valence electrons. The molecule has 2 heterocycles. The molecular formula is C14H22N4O3. The maximum Gasteiger partial charge on any atom is 0.290 e. The first-order valence-electron chi connectivity index (χ1n) is 6.88. The van der Waals surface area contributed by atoms with Crippen molar-refractivity contribution in [3.63, 3.8) is 0 Å². The van der Waals surface area contributed by atoms with Crippen LogP contribution in [0.4, 0.5) is 0 Å². The standard InChI is InChI=1S/C13H20N4O.CH2O2/c1-16-6-4-3-5-12(16)9-17(2)13(18)11-7-14-10-15-8-11;2-1-3/h7-8,10,12H,3-6,9H2,1-2H3;1H,(H,2,3). The van der Waals surface area contributed by atoms with Crippen LogP contribution in [-0.4, -0.2) is 70.5 Å². The molecule has 0 aliphatic carbocycles. The number of aromatic nitrogens is 2. The third-order valence-corrected chi connectivity index (χ3v) is 3.56. The quantitative estimate of drug-likeness (QED) is 0.827. The normalized spacial score (nSPS) is 18.3. The van der Waals surface area contributed by atoms with Crippen LogP contribution in [-0.2, 0) is 4.79 Å². The second-order valence-electron chi connectivity index (χ2n) is 5.05. The molecule has 0 bridgehead atoms. The Bertz CT molecular complexity index is 441. The Labute approximate surface area is 124 Å². The SMILES string of the molecule is CN(CC1CCCCN1C)C(=O)c1cncnc1.O=CO. The van der Waals surface area contributed by atoms with Gasteiger partial charge >= 0.3 is 0 Å². The number of carbonyl (C=O) groups is 2. The molecule has 1 aromatic rings. The first-order chi connectivity index (χ1) is 10.1. The molecule has 1 N–H and O–H groups in total. The molecule has 0 aromatic carbocycles. The summed E-state index contributed by atoms with van der Waals surface area (Å²) in [6.07, 6.45) is 8.25. The van der Waals surface area contributed by atoms with Crippen molar-refractivity contribution in [2.75, 3.05) is 27.2 Å². The van der Waals surface area contributed by atoms with Crippen LogP contribution in [0.1, 0.15) is 29.6 Å². The number of carbonyl (C=O) groups excluding carboxylic acids is 1. The fourth-order valence-electron chi connectivity index (χ4n) is 2.40. The maximum absolute atomic E-state index is 12.2. The molecule has 1 saturated heterocycles. The van der Waals surface area contributed by atoms with Crippen LogP contribution < -0.4 is 0 Å². The van der Waals surface area contributed by atoms with Gasteiger partial charge in [-0.15, -0.1) is 0 Å². The van der Waals surface area contributed by atoms with E-state index in [9.17, 15) is 4.79 Å². The Morgan fingerprint density at radius 1 is 1.48 bits per heavy atom. The van der Waals surface area contributed by atoms with Gasteiger partial charge in [-0.2, -0.15) is 0 Å². The molecule has 1 atom stereocenters. The zero-order valence-corrected chi connectivity index (χ0v) is 12.5. The van der Waals surface area contributed by atoms with Gasteiger partial charge in [-0.3, -0.25) is 9.59 Å². The summed E-state index contributed by atoms with van der Waals surface area (Å²) in [7, 11) is 3.98. The van der Waals surface area contributed by atoms with E-state index in [0.717, 1.165) is 13.1 Å². The van der Waals surface area contributed by atoms with Crippen molar-refractivity contribution in [1.82, 2.24) is 19.8 Å². The van der Waals surface area contributed by atoms with Crippen LogP contribution in [0.25, 0.3) is 0 Å². The predicted octanol–water partition coefficient (Wildman–Crippen LogP) is 0.734. The number of likely N-dealkylation sites (N-methyl/N-ethyl adjacent to an activating group) is 2. The van der Waals surface area contributed by atoms with Crippen LogP contribution >= 0.6 is 0 Å². The molecule has 0 saturated carbocycles. The number of piperidine rings is 1. The fraction of sp³-hybridized carbons (Fsp3) is 0.571. The van der Waals surface area contributed by atoms with E-state index in [0.29, 0.717) is 11.6 Å². The van der Waals surface area contributed by atoms with E-state index in [-0.39, 0.29) is 12.4 Å². The number of hydrogen-bond acceptors (Lipinski definition) is 5. The minimum absolute atomic E-state index is 0.00502. The van der Waals surface area contributed by atoms with Gasteiger partial charge in [-0.1, -0.05) is 6.42 Å². The smallest absolute Gasteiger partial charge is 0.290 e. The van der Waals surface area contributed by atoms with Gasteiger partial charge in [-0.05, 0) is 26.4 Å². The lowest BCUT2D eigenvalue weighted by atomic mass is 10.0. The van der Waals surface area contributed by atoms with Crippen molar-refractivity contribution in [2.45, 2.75) is 25.3 Å². The van der Waals surface area contributed by atoms with Crippen LogP contribution in [0, 0.1) is 0 Å². The van der Waals surface area contributed by atoms with Crippen molar-refractivity contribution in [2.24, 2.45) is 0 Å². The molecule has 7 nitrogen and oxygen atoms in total. The number of rotatable bonds is 3. The molecule has 2 rings (SSSR count). The molecule has 1 fully saturated rings. The molecule has 1 aromatic heterocycles. The van der Waals surface area contributed by atoms with Crippen LogP contribution in [0.15, 0.2) is 18.7 Å². The number of nitrogens with zero attached hydrogens (tertiary/aromatic N) is 4. The zero-order valence-electron chi connectivity index (χ0n) is 12.5. The topological polar surface area (TPSA) is 86.6 Å². The van der Waals surface area contributed by atoms with Gasteiger partial charge in [0.05, 0.1) is 5.56 Å². The number of hydrogen-bond donors (Lipinski definition) is 1. The van der Waals surface area contributed by atoms with Crippen molar-refractivity contribution in [1.29, 1.82) is 0 Å². The van der Waals surface area contributed by atoms with Crippen LogP contribution in [0.2, 0.25) is 0 Å². The van der Waals surface area contributed by atoms with Gasteiger partial charge < -0.3 is 14.9 Å². The van der Waals surface area contributed by atoms with E-state index in [2.05, 4.69) is 21.9 Å². The largest absolute Gasteiger partial charge is 0.483 e. The molecule has 0 radical (unpaired) electrons. The Morgan fingerprint density at radius 2 is 2.10 bits per heavy atom. The molecule has 1 aliphatic rings. The van der Waals surface area contributed by atoms with E-state index >= 15 is 0 Å². The number of likely N-dealkylation sites (tertiary alicyclic amines) is 1. The van der Waals surface area contributed by atoms with Gasteiger partial charge in [0.25, 0.3) is 12.4 Å².